The highest BCUT2D eigenvalue weighted by atomic mass is 16.1. The van der Waals surface area contributed by atoms with Gasteiger partial charge in [-0.05, 0) is 62.5 Å². The van der Waals surface area contributed by atoms with Crippen LogP contribution in [0.1, 0.15) is 12.0 Å². The lowest BCUT2D eigenvalue weighted by atomic mass is 10.2. The average molecular weight is 382 g/mol. The maximum atomic E-state index is 12.3. The maximum absolute atomic E-state index is 12.3. The van der Waals surface area contributed by atoms with E-state index in [0.29, 0.717) is 6.42 Å². The number of pyridine rings is 1. The van der Waals surface area contributed by atoms with Crippen molar-refractivity contribution in [2.24, 2.45) is 0 Å². The Morgan fingerprint density at radius 1 is 1.04 bits per heavy atom. The van der Waals surface area contributed by atoms with E-state index in [-0.39, 0.29) is 5.91 Å². The van der Waals surface area contributed by atoms with E-state index in [1.807, 2.05) is 36.7 Å². The zero-order valence-corrected chi connectivity index (χ0v) is 17.0. The highest BCUT2D eigenvalue weighted by Crippen LogP contribution is 2.19. The van der Waals surface area contributed by atoms with Crippen LogP contribution in [-0.2, 0) is 11.2 Å². The molecule has 1 amide bonds. The Morgan fingerprint density at radius 2 is 1.71 bits per heavy atom. The number of amides is 1. The van der Waals surface area contributed by atoms with E-state index in [0.717, 1.165) is 51.4 Å². The number of carbonyl (C=O) groups is 1. The monoisotopic (exact) mass is 381 g/mol. The summed E-state index contributed by atoms with van der Waals surface area (Å²) in [4.78, 5) is 23.2. The Kier molecular flexibility index (Phi) is 7.39. The lowest BCUT2D eigenvalue weighted by Crippen LogP contribution is -2.44. The van der Waals surface area contributed by atoms with Crippen molar-refractivity contribution in [3.63, 3.8) is 0 Å². The van der Waals surface area contributed by atoms with Crippen LogP contribution in [0.3, 0.4) is 0 Å². The summed E-state index contributed by atoms with van der Waals surface area (Å²) in [5, 5.41) is 3.01. The first-order valence-corrected chi connectivity index (χ1v) is 10.0. The molecule has 0 unspecified atom stereocenters. The summed E-state index contributed by atoms with van der Waals surface area (Å²) in [6.07, 6.45) is 5.09. The number of nitrogens with one attached hydrogen (secondary N) is 1. The number of carbonyl (C=O) groups excluding carboxylic acids is 1. The predicted molar refractivity (Wildman–Crippen MR) is 115 cm³/mol. The van der Waals surface area contributed by atoms with Crippen LogP contribution in [0.5, 0.6) is 0 Å². The van der Waals surface area contributed by atoms with Crippen LogP contribution in [0.15, 0.2) is 48.8 Å². The molecule has 2 aromatic rings. The molecule has 0 atom stereocenters. The molecular formula is C22H31N5O. The minimum absolute atomic E-state index is 0.0584. The minimum atomic E-state index is 0.0584. The zero-order valence-electron chi connectivity index (χ0n) is 17.0. The molecule has 1 aliphatic rings. The molecule has 6 nitrogen and oxygen atoms in total. The molecule has 28 heavy (non-hydrogen) atoms. The second kappa shape index (κ2) is 10.2. The summed E-state index contributed by atoms with van der Waals surface area (Å²) in [5.41, 5.74) is 3.36. The number of rotatable bonds is 8. The van der Waals surface area contributed by atoms with Gasteiger partial charge in [-0.2, -0.15) is 0 Å². The number of nitrogens with zero attached hydrogens (tertiary/aromatic N) is 4. The summed E-state index contributed by atoms with van der Waals surface area (Å²) >= 11 is 0. The average Bonchev–Trinajstić information content (AvgIpc) is 2.73. The van der Waals surface area contributed by atoms with E-state index < -0.39 is 0 Å². The Balaban J connectivity index is 1.38. The standard InChI is InChI=1S/C22H31N5O/c1-25(13-9-19-7-11-23-12-8-19)14-10-22(28)24-20-3-5-21(6-4-20)27-17-15-26(2)16-18-27/h3-8,11-12H,9-10,13-18H2,1-2H3,(H,24,28). The van der Waals surface area contributed by atoms with Crippen molar-refractivity contribution in [2.45, 2.75) is 12.8 Å². The highest BCUT2D eigenvalue weighted by Gasteiger charge is 2.14. The predicted octanol–water partition coefficient (Wildman–Crippen LogP) is 2.34. The third-order valence-corrected chi connectivity index (χ3v) is 5.27. The molecule has 0 radical (unpaired) electrons. The zero-order chi connectivity index (χ0) is 19.8. The first-order valence-electron chi connectivity index (χ1n) is 10.0. The first-order chi connectivity index (χ1) is 13.6. The lowest BCUT2D eigenvalue weighted by molar-refractivity contribution is -0.116. The van der Waals surface area contributed by atoms with Crippen LogP contribution >= 0.6 is 0 Å². The molecule has 0 bridgehead atoms. The van der Waals surface area contributed by atoms with E-state index >= 15 is 0 Å². The molecule has 0 spiro atoms. The van der Waals surface area contributed by atoms with Gasteiger partial charge in [0.05, 0.1) is 0 Å². The van der Waals surface area contributed by atoms with E-state index in [1.165, 1.54) is 11.3 Å². The molecule has 6 heteroatoms. The Morgan fingerprint density at radius 3 is 2.39 bits per heavy atom. The van der Waals surface area contributed by atoms with Crippen LogP contribution in [0.2, 0.25) is 0 Å². The summed E-state index contributed by atoms with van der Waals surface area (Å²) < 4.78 is 0. The Labute approximate surface area is 168 Å². The highest BCUT2D eigenvalue weighted by molar-refractivity contribution is 5.91. The van der Waals surface area contributed by atoms with E-state index in [1.54, 1.807) is 0 Å². The SMILES string of the molecule is CN(CCC(=O)Nc1ccc(N2CCN(C)CC2)cc1)CCc1ccncc1. The van der Waals surface area contributed by atoms with Crippen LogP contribution in [-0.4, -0.2) is 74.1 Å². The molecular weight excluding hydrogens is 350 g/mol. The molecule has 1 aromatic carbocycles. The smallest absolute Gasteiger partial charge is 0.225 e. The Hall–Kier alpha value is -2.44. The number of anilines is 2. The van der Waals surface area contributed by atoms with Crippen molar-refractivity contribution in [1.82, 2.24) is 14.8 Å². The Bertz CT molecular complexity index is 726. The van der Waals surface area contributed by atoms with Gasteiger partial charge in [0, 0.05) is 69.5 Å². The summed E-state index contributed by atoms with van der Waals surface area (Å²) in [5.74, 6) is 0.0584. The second-order valence-electron chi connectivity index (χ2n) is 7.54. The summed E-state index contributed by atoms with van der Waals surface area (Å²) in [6.45, 7) is 5.95. The van der Waals surface area contributed by atoms with Gasteiger partial charge in [-0.1, -0.05) is 0 Å². The van der Waals surface area contributed by atoms with Crippen LogP contribution in [0, 0.1) is 0 Å². The number of hydrogen-bond donors (Lipinski definition) is 1. The fourth-order valence-corrected chi connectivity index (χ4v) is 3.32. The fourth-order valence-electron chi connectivity index (χ4n) is 3.32. The molecule has 1 aliphatic heterocycles. The van der Waals surface area contributed by atoms with E-state index in [2.05, 4.69) is 51.2 Å². The number of likely N-dealkylation sites (N-methyl/N-ethyl adjacent to an activating group) is 2. The van der Waals surface area contributed by atoms with Gasteiger partial charge in [-0.3, -0.25) is 9.78 Å². The van der Waals surface area contributed by atoms with Gasteiger partial charge in [0.15, 0.2) is 0 Å². The van der Waals surface area contributed by atoms with E-state index in [4.69, 9.17) is 0 Å². The van der Waals surface area contributed by atoms with Crippen LogP contribution in [0.25, 0.3) is 0 Å². The quantitative estimate of drug-likeness (QED) is 0.761. The maximum Gasteiger partial charge on any atom is 0.225 e. The summed E-state index contributed by atoms with van der Waals surface area (Å²) in [6, 6.07) is 12.3. The second-order valence-corrected chi connectivity index (χ2v) is 7.54. The lowest BCUT2D eigenvalue weighted by Gasteiger charge is -2.34. The van der Waals surface area contributed by atoms with Crippen molar-refractivity contribution in [3.8, 4) is 0 Å². The van der Waals surface area contributed by atoms with Gasteiger partial charge in [0.25, 0.3) is 0 Å². The summed E-state index contributed by atoms with van der Waals surface area (Å²) in [7, 11) is 4.21. The molecule has 0 aliphatic carbocycles. The minimum Gasteiger partial charge on any atom is -0.369 e. The molecule has 150 valence electrons. The topological polar surface area (TPSA) is 51.7 Å². The van der Waals surface area contributed by atoms with Gasteiger partial charge < -0.3 is 20.0 Å². The molecule has 1 aromatic heterocycles. The fraction of sp³-hybridized carbons (Fsp3) is 0.455. The molecule has 0 saturated carbocycles. The van der Waals surface area contributed by atoms with Gasteiger partial charge in [0.1, 0.15) is 0 Å². The van der Waals surface area contributed by atoms with Gasteiger partial charge in [0.2, 0.25) is 5.91 Å². The van der Waals surface area contributed by atoms with Gasteiger partial charge >= 0.3 is 0 Å². The largest absolute Gasteiger partial charge is 0.369 e. The van der Waals surface area contributed by atoms with Gasteiger partial charge in [-0.25, -0.2) is 0 Å². The van der Waals surface area contributed by atoms with Crippen LogP contribution < -0.4 is 10.2 Å². The normalized spacial score (nSPS) is 15.0. The number of aromatic nitrogens is 1. The number of piperazine rings is 1. The van der Waals surface area contributed by atoms with Crippen molar-refractivity contribution < 1.29 is 4.79 Å². The molecule has 1 fully saturated rings. The van der Waals surface area contributed by atoms with Crippen LogP contribution in [0.4, 0.5) is 11.4 Å². The number of benzene rings is 1. The molecule has 2 heterocycles. The van der Waals surface area contributed by atoms with Crippen molar-refractivity contribution in [3.05, 3.63) is 54.4 Å². The van der Waals surface area contributed by atoms with Crippen molar-refractivity contribution in [2.75, 3.05) is 63.6 Å². The van der Waals surface area contributed by atoms with Gasteiger partial charge in [-0.15, -0.1) is 0 Å². The first kappa shape index (κ1) is 20.3. The van der Waals surface area contributed by atoms with Crippen molar-refractivity contribution in [1.29, 1.82) is 0 Å². The third-order valence-electron chi connectivity index (χ3n) is 5.27. The van der Waals surface area contributed by atoms with E-state index in [9.17, 15) is 4.79 Å². The third kappa shape index (κ3) is 6.32. The van der Waals surface area contributed by atoms with Crippen molar-refractivity contribution >= 4 is 17.3 Å². The number of hydrogen-bond acceptors (Lipinski definition) is 5. The molecule has 1 saturated heterocycles. The molecule has 1 N–H and O–H groups in total. The molecule has 3 rings (SSSR count).